The lowest BCUT2D eigenvalue weighted by atomic mass is 10.1. The van der Waals surface area contributed by atoms with Crippen LogP contribution in [0.1, 0.15) is 13.3 Å². The van der Waals surface area contributed by atoms with Crippen molar-refractivity contribution in [1.29, 1.82) is 0 Å². The Morgan fingerprint density at radius 1 is 1.13 bits per heavy atom. The largest absolute Gasteiger partial charge is 0.315 e. The first-order valence-corrected chi connectivity index (χ1v) is 12.4. The van der Waals surface area contributed by atoms with Crippen LogP contribution in [-0.4, -0.2) is 61.9 Å². The summed E-state index contributed by atoms with van der Waals surface area (Å²) in [5, 5.41) is 8.88. The van der Waals surface area contributed by atoms with Crippen LogP contribution in [-0.2, 0) is 31.2 Å². The Kier molecular flexibility index (Phi) is 7.10. The van der Waals surface area contributed by atoms with Gasteiger partial charge in [0.1, 0.15) is 0 Å². The molecular weight excluding hydrogens is 446 g/mol. The molecule has 2 aromatic rings. The van der Waals surface area contributed by atoms with E-state index in [1.54, 1.807) is 18.2 Å². The number of aromatic nitrogens is 1. The highest BCUT2D eigenvalue weighted by Crippen LogP contribution is 2.24. The highest BCUT2D eigenvalue weighted by atomic mass is 32.2. The first kappa shape index (κ1) is 24.7. The van der Waals surface area contributed by atoms with Crippen molar-refractivity contribution >= 4 is 25.8 Å². The van der Waals surface area contributed by atoms with Gasteiger partial charge in [0, 0.05) is 39.2 Å². The fourth-order valence-electron chi connectivity index (χ4n) is 2.84. The molecule has 0 bridgehead atoms. The van der Waals surface area contributed by atoms with Crippen molar-refractivity contribution < 1.29 is 26.8 Å². The summed E-state index contributed by atoms with van der Waals surface area (Å²) in [6.07, 6.45) is 2.07. The standard InChI is InChI=1S/C19H25N3O7S2/c1-19(18(24)20-25,30(4,26)27)9-11-22-10-8-15(13-17(22)23)14-6-5-7-16(12-14)31(28,29)21(2)3/h5-8,10,12-13,25H,9,11H2,1-4H3,(H,20,24). The molecule has 31 heavy (non-hydrogen) atoms. The zero-order valence-electron chi connectivity index (χ0n) is 17.6. The van der Waals surface area contributed by atoms with E-state index in [1.807, 2.05) is 0 Å². The van der Waals surface area contributed by atoms with Crippen LogP contribution < -0.4 is 11.0 Å². The summed E-state index contributed by atoms with van der Waals surface area (Å²) in [6, 6.07) is 9.04. The minimum absolute atomic E-state index is 0.0816. The molecule has 1 unspecified atom stereocenters. The van der Waals surface area contributed by atoms with Gasteiger partial charge in [-0.25, -0.2) is 26.6 Å². The molecule has 10 nitrogen and oxygen atoms in total. The molecule has 12 heteroatoms. The molecular formula is C19H25N3O7S2. The van der Waals surface area contributed by atoms with Crippen LogP contribution in [0.25, 0.3) is 11.1 Å². The van der Waals surface area contributed by atoms with Crippen molar-refractivity contribution in [3.63, 3.8) is 0 Å². The molecule has 1 aromatic carbocycles. The number of benzene rings is 1. The van der Waals surface area contributed by atoms with Crippen molar-refractivity contribution in [3.8, 4) is 11.1 Å². The van der Waals surface area contributed by atoms with Gasteiger partial charge in [0.2, 0.25) is 10.0 Å². The molecule has 0 saturated carbocycles. The average Bonchev–Trinajstić information content (AvgIpc) is 2.71. The highest BCUT2D eigenvalue weighted by Gasteiger charge is 2.43. The van der Waals surface area contributed by atoms with Gasteiger partial charge in [-0.2, -0.15) is 0 Å². The maximum Gasteiger partial charge on any atom is 0.264 e. The summed E-state index contributed by atoms with van der Waals surface area (Å²) >= 11 is 0. The third-order valence-corrected chi connectivity index (χ3v) is 9.01. The number of nitrogens with one attached hydrogen (secondary N) is 1. The fraction of sp³-hybridized carbons (Fsp3) is 0.368. The van der Waals surface area contributed by atoms with Crippen LogP contribution in [0.15, 0.2) is 52.3 Å². The number of aryl methyl sites for hydroxylation is 1. The summed E-state index contributed by atoms with van der Waals surface area (Å²) in [5.41, 5.74) is 1.90. The van der Waals surface area contributed by atoms with E-state index in [0.29, 0.717) is 11.1 Å². The Hall–Kier alpha value is -2.54. The smallest absolute Gasteiger partial charge is 0.264 e. The molecule has 0 saturated heterocycles. The number of carbonyl (C=O) groups excluding carboxylic acids is 1. The molecule has 0 radical (unpaired) electrons. The van der Waals surface area contributed by atoms with Gasteiger partial charge in [-0.15, -0.1) is 0 Å². The topological polar surface area (TPSA) is 143 Å². The first-order chi connectivity index (χ1) is 14.2. The number of sulfonamides is 1. The van der Waals surface area contributed by atoms with Crippen LogP contribution in [0.2, 0.25) is 0 Å². The molecule has 0 aliphatic carbocycles. The normalized spacial score (nSPS) is 14.3. The van der Waals surface area contributed by atoms with Crippen LogP contribution >= 0.6 is 0 Å². The van der Waals surface area contributed by atoms with E-state index in [0.717, 1.165) is 10.6 Å². The SMILES string of the molecule is CN(C)S(=O)(=O)c1cccc(-c2ccn(CCC(C)(C(=O)NO)S(C)(=O)=O)c(=O)c2)c1. The lowest BCUT2D eigenvalue weighted by Crippen LogP contribution is -2.49. The van der Waals surface area contributed by atoms with Crippen molar-refractivity contribution in [2.75, 3.05) is 20.4 Å². The van der Waals surface area contributed by atoms with Crippen LogP contribution in [0.5, 0.6) is 0 Å². The molecule has 170 valence electrons. The first-order valence-electron chi connectivity index (χ1n) is 9.11. The molecule has 0 spiro atoms. The minimum Gasteiger partial charge on any atom is -0.315 e. The fourth-order valence-corrected chi connectivity index (χ4v) is 4.63. The zero-order valence-corrected chi connectivity index (χ0v) is 19.2. The van der Waals surface area contributed by atoms with Gasteiger partial charge in [0.15, 0.2) is 14.6 Å². The number of rotatable bonds is 8. The lowest BCUT2D eigenvalue weighted by Gasteiger charge is -2.25. The Morgan fingerprint density at radius 2 is 1.74 bits per heavy atom. The van der Waals surface area contributed by atoms with Gasteiger partial charge < -0.3 is 4.57 Å². The number of hydrogen-bond donors (Lipinski definition) is 2. The van der Waals surface area contributed by atoms with Gasteiger partial charge in [-0.1, -0.05) is 12.1 Å². The second-order valence-electron chi connectivity index (χ2n) is 7.46. The second-order valence-corrected chi connectivity index (χ2v) is 12.1. The van der Waals surface area contributed by atoms with Gasteiger partial charge in [0.25, 0.3) is 11.5 Å². The van der Waals surface area contributed by atoms with E-state index in [4.69, 9.17) is 5.21 Å². The number of sulfone groups is 1. The number of nitrogens with zero attached hydrogens (tertiary/aromatic N) is 2. The van der Waals surface area contributed by atoms with Crippen molar-refractivity contribution in [1.82, 2.24) is 14.4 Å². The monoisotopic (exact) mass is 471 g/mol. The van der Waals surface area contributed by atoms with Gasteiger partial charge >= 0.3 is 0 Å². The summed E-state index contributed by atoms with van der Waals surface area (Å²) in [4.78, 5) is 24.5. The maximum atomic E-state index is 12.5. The Morgan fingerprint density at radius 3 is 2.26 bits per heavy atom. The minimum atomic E-state index is -3.88. The number of amides is 1. The van der Waals surface area contributed by atoms with E-state index in [2.05, 4.69) is 0 Å². The quantitative estimate of drug-likeness (QED) is 0.421. The van der Waals surface area contributed by atoms with E-state index in [9.17, 15) is 26.4 Å². The van der Waals surface area contributed by atoms with Gasteiger partial charge in [-0.05, 0) is 42.7 Å². The molecule has 2 N–H and O–H groups in total. The predicted octanol–water partition coefficient (Wildman–Crippen LogP) is 0.464. The molecule has 2 rings (SSSR count). The van der Waals surface area contributed by atoms with Gasteiger partial charge in [0.05, 0.1) is 4.90 Å². The molecule has 1 atom stereocenters. The third-order valence-electron chi connectivity index (χ3n) is 5.17. The molecule has 1 aromatic heterocycles. The van der Waals surface area contributed by atoms with Crippen molar-refractivity contribution in [3.05, 3.63) is 52.9 Å². The van der Waals surface area contributed by atoms with Crippen LogP contribution in [0, 0.1) is 0 Å². The molecule has 1 heterocycles. The number of hydroxylamine groups is 1. The molecule has 0 fully saturated rings. The highest BCUT2D eigenvalue weighted by molar-refractivity contribution is 7.92. The average molecular weight is 472 g/mol. The number of carbonyl (C=O) groups is 1. The Labute approximate surface area is 181 Å². The molecule has 1 amide bonds. The second kappa shape index (κ2) is 8.91. The van der Waals surface area contributed by atoms with Crippen molar-refractivity contribution in [2.24, 2.45) is 0 Å². The van der Waals surface area contributed by atoms with Crippen molar-refractivity contribution in [2.45, 2.75) is 29.5 Å². The predicted molar refractivity (Wildman–Crippen MR) is 115 cm³/mol. The van der Waals surface area contributed by atoms with E-state index in [-0.39, 0.29) is 17.9 Å². The van der Waals surface area contributed by atoms with Crippen LogP contribution in [0.3, 0.4) is 0 Å². The number of hydrogen-bond acceptors (Lipinski definition) is 7. The molecule has 0 aliphatic rings. The summed E-state index contributed by atoms with van der Waals surface area (Å²) < 4.78 is 49.2. The summed E-state index contributed by atoms with van der Waals surface area (Å²) in [6.45, 7) is 1.08. The Balaban J connectivity index is 2.35. The maximum absolute atomic E-state index is 12.5. The van der Waals surface area contributed by atoms with Crippen LogP contribution in [0.4, 0.5) is 0 Å². The summed E-state index contributed by atoms with van der Waals surface area (Å²) in [5.74, 6) is -1.08. The summed E-state index contributed by atoms with van der Waals surface area (Å²) in [7, 11) is -4.68. The lowest BCUT2D eigenvalue weighted by molar-refractivity contribution is -0.131. The third kappa shape index (κ3) is 5.03. The Bertz CT molecular complexity index is 1250. The van der Waals surface area contributed by atoms with E-state index in [1.165, 1.54) is 55.5 Å². The number of pyridine rings is 1. The van der Waals surface area contributed by atoms with E-state index < -0.39 is 36.1 Å². The van der Waals surface area contributed by atoms with Gasteiger partial charge in [-0.3, -0.25) is 14.8 Å². The zero-order chi connectivity index (χ0) is 23.6. The molecule has 0 aliphatic heterocycles. The van der Waals surface area contributed by atoms with E-state index >= 15 is 0 Å².